The predicted molar refractivity (Wildman–Crippen MR) is 104 cm³/mol. The fraction of sp³-hybridized carbons (Fsp3) is 0.333. The quantitative estimate of drug-likeness (QED) is 0.750. The van der Waals surface area contributed by atoms with Crippen molar-refractivity contribution in [2.24, 2.45) is 5.92 Å². The number of methoxy groups -OCH3 is 1. The minimum absolute atomic E-state index is 0.180. The average molecular weight is 365 g/mol. The minimum Gasteiger partial charge on any atom is -0.493 e. The van der Waals surface area contributed by atoms with Crippen molar-refractivity contribution in [2.45, 2.75) is 12.8 Å². The molecule has 6 heteroatoms. The molecule has 3 aromatic rings. The van der Waals surface area contributed by atoms with Crippen LogP contribution < -0.4 is 15.0 Å². The molecule has 3 heterocycles. The number of furan rings is 1. The van der Waals surface area contributed by atoms with E-state index in [1.165, 1.54) is 0 Å². The number of amides is 1. The van der Waals surface area contributed by atoms with E-state index < -0.39 is 0 Å². The largest absolute Gasteiger partial charge is 0.493 e. The lowest BCUT2D eigenvalue weighted by Crippen LogP contribution is -2.38. The van der Waals surface area contributed by atoms with Gasteiger partial charge in [-0.15, -0.1) is 0 Å². The molecule has 1 aliphatic rings. The van der Waals surface area contributed by atoms with Crippen LogP contribution in [-0.2, 0) is 0 Å². The smallest absolute Gasteiger partial charge is 0.287 e. The van der Waals surface area contributed by atoms with Gasteiger partial charge in [0.2, 0.25) is 0 Å². The molecule has 0 atom stereocenters. The summed E-state index contributed by atoms with van der Waals surface area (Å²) in [4.78, 5) is 19.2. The van der Waals surface area contributed by atoms with Gasteiger partial charge >= 0.3 is 0 Å². The van der Waals surface area contributed by atoms with E-state index in [9.17, 15) is 4.79 Å². The second kappa shape index (κ2) is 7.70. The van der Waals surface area contributed by atoms with Gasteiger partial charge in [-0.25, -0.2) is 4.98 Å². The van der Waals surface area contributed by atoms with Crippen molar-refractivity contribution in [3.8, 4) is 5.75 Å². The van der Waals surface area contributed by atoms with E-state index in [1.807, 2.05) is 42.6 Å². The SMILES string of the molecule is COc1cccc2cc(C(=O)NCC3CCN(c4ccccn4)CC3)oc12. The number of carbonyl (C=O) groups is 1. The van der Waals surface area contributed by atoms with Gasteiger partial charge in [0.25, 0.3) is 5.91 Å². The molecule has 27 heavy (non-hydrogen) atoms. The van der Waals surface area contributed by atoms with E-state index in [0.717, 1.165) is 37.1 Å². The zero-order valence-electron chi connectivity index (χ0n) is 15.4. The Hall–Kier alpha value is -3.02. The first-order valence-electron chi connectivity index (χ1n) is 9.25. The third kappa shape index (κ3) is 3.74. The number of aromatic nitrogens is 1. The van der Waals surface area contributed by atoms with Gasteiger partial charge in [-0.1, -0.05) is 18.2 Å². The Labute approximate surface area is 158 Å². The Kier molecular flexibility index (Phi) is 4.96. The molecule has 1 saturated heterocycles. The molecule has 1 amide bonds. The van der Waals surface area contributed by atoms with Crippen molar-refractivity contribution in [3.05, 3.63) is 54.4 Å². The molecule has 0 bridgehead atoms. The van der Waals surface area contributed by atoms with E-state index in [2.05, 4.69) is 15.2 Å². The maximum atomic E-state index is 12.5. The van der Waals surface area contributed by atoms with Crippen LogP contribution in [0.1, 0.15) is 23.4 Å². The molecule has 1 aliphatic heterocycles. The molecule has 6 nitrogen and oxygen atoms in total. The monoisotopic (exact) mass is 365 g/mol. The van der Waals surface area contributed by atoms with Crippen molar-refractivity contribution < 1.29 is 13.9 Å². The Bertz CT molecular complexity index is 915. The number of nitrogens with one attached hydrogen (secondary N) is 1. The molecule has 0 unspecified atom stereocenters. The van der Waals surface area contributed by atoms with Gasteiger partial charge in [-0.05, 0) is 43.0 Å². The lowest BCUT2D eigenvalue weighted by atomic mass is 9.96. The zero-order chi connectivity index (χ0) is 18.6. The number of pyridine rings is 1. The van der Waals surface area contributed by atoms with Crippen LogP contribution in [0.3, 0.4) is 0 Å². The maximum Gasteiger partial charge on any atom is 0.287 e. The fourth-order valence-corrected chi connectivity index (χ4v) is 3.54. The third-order valence-electron chi connectivity index (χ3n) is 5.09. The summed E-state index contributed by atoms with van der Waals surface area (Å²) in [6.45, 7) is 2.57. The standard InChI is InChI=1S/C21H23N3O3/c1-26-17-6-4-5-16-13-18(27-20(16)17)21(25)23-14-15-8-11-24(12-9-15)19-7-2-3-10-22-19/h2-7,10,13,15H,8-9,11-12,14H2,1H3,(H,23,25). The zero-order valence-corrected chi connectivity index (χ0v) is 15.4. The number of carbonyl (C=O) groups excluding carboxylic acids is 1. The third-order valence-corrected chi connectivity index (χ3v) is 5.09. The molecule has 0 aliphatic carbocycles. The van der Waals surface area contributed by atoms with Crippen LogP contribution in [0.4, 0.5) is 5.82 Å². The summed E-state index contributed by atoms with van der Waals surface area (Å²) in [5, 5.41) is 3.88. The molecule has 1 aromatic carbocycles. The van der Waals surface area contributed by atoms with Gasteiger partial charge in [-0.2, -0.15) is 0 Å². The number of para-hydroxylation sites is 1. The number of benzene rings is 1. The Balaban J connectivity index is 1.32. The highest BCUT2D eigenvalue weighted by atomic mass is 16.5. The molecule has 0 spiro atoms. The fourth-order valence-electron chi connectivity index (χ4n) is 3.54. The van der Waals surface area contributed by atoms with Crippen LogP contribution in [-0.4, -0.2) is 37.6 Å². The number of nitrogens with zero attached hydrogens (tertiary/aromatic N) is 2. The van der Waals surface area contributed by atoms with Crippen molar-refractivity contribution in [1.82, 2.24) is 10.3 Å². The summed E-state index contributed by atoms with van der Waals surface area (Å²) in [5.74, 6) is 2.26. The van der Waals surface area contributed by atoms with Gasteiger partial charge in [-0.3, -0.25) is 4.79 Å². The van der Waals surface area contributed by atoms with Crippen molar-refractivity contribution in [1.29, 1.82) is 0 Å². The molecule has 1 fully saturated rings. The molecule has 0 saturated carbocycles. The van der Waals surface area contributed by atoms with Crippen molar-refractivity contribution >= 4 is 22.7 Å². The lowest BCUT2D eigenvalue weighted by molar-refractivity contribution is 0.0919. The van der Waals surface area contributed by atoms with E-state index >= 15 is 0 Å². The van der Waals surface area contributed by atoms with E-state index in [4.69, 9.17) is 9.15 Å². The molecule has 140 valence electrons. The van der Waals surface area contributed by atoms with Crippen LogP contribution >= 0.6 is 0 Å². The van der Waals surface area contributed by atoms with Gasteiger partial charge in [0, 0.05) is 31.2 Å². The van der Waals surface area contributed by atoms with E-state index in [1.54, 1.807) is 13.2 Å². The molecular weight excluding hydrogens is 342 g/mol. The van der Waals surface area contributed by atoms with Crippen LogP contribution in [0, 0.1) is 5.92 Å². The van der Waals surface area contributed by atoms with Crippen molar-refractivity contribution in [2.75, 3.05) is 31.6 Å². The second-order valence-corrected chi connectivity index (χ2v) is 6.82. The van der Waals surface area contributed by atoms with E-state index in [-0.39, 0.29) is 5.91 Å². The second-order valence-electron chi connectivity index (χ2n) is 6.82. The average Bonchev–Trinajstić information content (AvgIpc) is 3.17. The summed E-state index contributed by atoms with van der Waals surface area (Å²) in [7, 11) is 1.59. The summed E-state index contributed by atoms with van der Waals surface area (Å²) in [6.07, 6.45) is 3.89. The first-order chi connectivity index (χ1) is 13.2. The number of fused-ring (bicyclic) bond motifs is 1. The number of hydrogen-bond acceptors (Lipinski definition) is 5. The molecular formula is C21H23N3O3. The summed E-state index contributed by atoms with van der Waals surface area (Å²) in [6, 6.07) is 13.4. The van der Waals surface area contributed by atoms with Crippen LogP contribution in [0.5, 0.6) is 5.75 Å². The first kappa shape index (κ1) is 17.4. The Morgan fingerprint density at radius 1 is 1.26 bits per heavy atom. The molecule has 2 aromatic heterocycles. The predicted octanol–water partition coefficient (Wildman–Crippen LogP) is 3.48. The normalized spacial score (nSPS) is 15.1. The highest BCUT2D eigenvalue weighted by Crippen LogP contribution is 2.28. The molecule has 0 radical (unpaired) electrons. The Morgan fingerprint density at radius 2 is 2.11 bits per heavy atom. The summed E-state index contributed by atoms with van der Waals surface area (Å²) >= 11 is 0. The highest BCUT2D eigenvalue weighted by Gasteiger charge is 2.21. The minimum atomic E-state index is -0.180. The van der Waals surface area contributed by atoms with Crippen LogP contribution in [0.2, 0.25) is 0 Å². The molecule has 4 rings (SSSR count). The number of anilines is 1. The lowest BCUT2D eigenvalue weighted by Gasteiger charge is -2.32. The van der Waals surface area contributed by atoms with Gasteiger partial charge in [0.15, 0.2) is 17.1 Å². The van der Waals surface area contributed by atoms with Gasteiger partial charge in [0.05, 0.1) is 7.11 Å². The molecule has 1 N–H and O–H groups in total. The number of piperidine rings is 1. The van der Waals surface area contributed by atoms with Crippen LogP contribution in [0.15, 0.2) is 53.1 Å². The number of rotatable bonds is 5. The first-order valence-corrected chi connectivity index (χ1v) is 9.25. The number of ether oxygens (including phenoxy) is 1. The van der Waals surface area contributed by atoms with Gasteiger partial charge < -0.3 is 19.4 Å². The topological polar surface area (TPSA) is 67.6 Å². The Morgan fingerprint density at radius 3 is 2.85 bits per heavy atom. The highest BCUT2D eigenvalue weighted by molar-refractivity contribution is 5.97. The summed E-state index contributed by atoms with van der Waals surface area (Å²) < 4.78 is 11.0. The van der Waals surface area contributed by atoms with Gasteiger partial charge in [0.1, 0.15) is 5.82 Å². The van der Waals surface area contributed by atoms with Crippen LogP contribution in [0.25, 0.3) is 11.0 Å². The van der Waals surface area contributed by atoms with Crippen molar-refractivity contribution in [3.63, 3.8) is 0 Å². The van der Waals surface area contributed by atoms with E-state index in [0.29, 0.717) is 29.6 Å². The maximum absolute atomic E-state index is 12.5. The summed E-state index contributed by atoms with van der Waals surface area (Å²) in [5.41, 5.74) is 0.605. The number of hydrogen-bond donors (Lipinski definition) is 1.